The van der Waals surface area contributed by atoms with Crippen LogP contribution in [0.2, 0.25) is 15.1 Å². The maximum Gasteiger partial charge on any atom is 0.263 e. The monoisotopic (exact) mass is 507 g/mol. The van der Waals surface area contributed by atoms with Crippen LogP contribution in [0.4, 0.5) is 0 Å². The van der Waals surface area contributed by atoms with Crippen molar-refractivity contribution < 1.29 is 9.53 Å². The average molecular weight is 509 g/mol. The molecule has 3 rings (SSSR count). The van der Waals surface area contributed by atoms with Gasteiger partial charge < -0.3 is 10.1 Å². The van der Waals surface area contributed by atoms with Gasteiger partial charge in [0, 0.05) is 26.0 Å². The molecule has 3 aromatic carbocycles. The van der Waals surface area contributed by atoms with Gasteiger partial charge in [0.1, 0.15) is 5.75 Å². The molecule has 0 aliphatic heterocycles. The van der Waals surface area contributed by atoms with E-state index in [1.54, 1.807) is 49.9 Å². The van der Waals surface area contributed by atoms with E-state index in [1.807, 2.05) is 55.5 Å². The number of amides is 1. The van der Waals surface area contributed by atoms with Gasteiger partial charge in [-0.15, -0.1) is 11.8 Å². The molecule has 32 heavy (non-hydrogen) atoms. The fraction of sp³-hybridized carbons (Fsp3) is 0.240. The van der Waals surface area contributed by atoms with Crippen LogP contribution in [0.15, 0.2) is 77.7 Å². The minimum Gasteiger partial charge on any atom is -0.478 e. The zero-order valence-electron chi connectivity index (χ0n) is 17.9. The summed E-state index contributed by atoms with van der Waals surface area (Å²) in [5.74, 6) is 0.364. The highest BCUT2D eigenvalue weighted by Crippen LogP contribution is 2.39. The molecular formula is C25H24Cl3NO2S. The maximum absolute atomic E-state index is 13.1. The molecule has 0 fully saturated rings. The summed E-state index contributed by atoms with van der Waals surface area (Å²) in [6.07, 6.45) is 0. The number of halogens is 3. The van der Waals surface area contributed by atoms with E-state index in [1.165, 1.54) is 0 Å². The molecule has 0 aliphatic carbocycles. The molecule has 3 aromatic rings. The van der Waals surface area contributed by atoms with E-state index in [-0.39, 0.29) is 17.2 Å². The number of hydrogen-bond acceptors (Lipinski definition) is 3. The number of carbonyl (C=O) groups is 1. The summed E-state index contributed by atoms with van der Waals surface area (Å²) in [7, 11) is 0. The first-order valence-corrected chi connectivity index (χ1v) is 12.1. The van der Waals surface area contributed by atoms with Crippen LogP contribution in [-0.4, -0.2) is 17.6 Å². The number of nitrogens with one attached hydrogen (secondary N) is 1. The summed E-state index contributed by atoms with van der Waals surface area (Å²) in [5, 5.41) is 5.03. The van der Waals surface area contributed by atoms with Crippen molar-refractivity contribution in [2.75, 3.05) is 0 Å². The van der Waals surface area contributed by atoms with Crippen molar-refractivity contribution >= 4 is 52.5 Å². The van der Waals surface area contributed by atoms with Crippen LogP contribution in [0, 0.1) is 0 Å². The lowest BCUT2D eigenvalue weighted by atomic mass is 10.0. The smallest absolute Gasteiger partial charge is 0.263 e. The summed E-state index contributed by atoms with van der Waals surface area (Å²) >= 11 is 19.7. The van der Waals surface area contributed by atoms with Gasteiger partial charge in [-0.1, -0.05) is 46.9 Å². The molecule has 0 radical (unpaired) electrons. The van der Waals surface area contributed by atoms with Gasteiger partial charge in [-0.2, -0.15) is 0 Å². The number of thioether (sulfide) groups is 1. The second-order valence-corrected chi connectivity index (χ2v) is 10.4. The van der Waals surface area contributed by atoms with Crippen LogP contribution < -0.4 is 10.1 Å². The third-order valence-corrected chi connectivity index (χ3v) is 7.06. The van der Waals surface area contributed by atoms with Gasteiger partial charge in [-0.25, -0.2) is 0 Å². The van der Waals surface area contributed by atoms with Crippen LogP contribution >= 0.6 is 46.6 Å². The van der Waals surface area contributed by atoms with Crippen molar-refractivity contribution in [3.8, 4) is 5.75 Å². The van der Waals surface area contributed by atoms with Gasteiger partial charge in [0.05, 0.1) is 5.25 Å². The van der Waals surface area contributed by atoms with Gasteiger partial charge in [0.2, 0.25) is 0 Å². The normalized spacial score (nSPS) is 13.3. The quantitative estimate of drug-likeness (QED) is 0.315. The molecule has 0 aromatic heterocycles. The molecule has 0 heterocycles. The average Bonchev–Trinajstić information content (AvgIpc) is 2.75. The SMILES string of the molecule is CC(NC(=O)C(C)(C)Oc1ccc(Cl)cc1)C(Sc1ccc(Cl)cc1)c1ccc(Cl)cc1. The Morgan fingerprint density at radius 3 is 1.84 bits per heavy atom. The van der Waals surface area contributed by atoms with Crippen LogP contribution in [0.5, 0.6) is 5.75 Å². The van der Waals surface area contributed by atoms with Gasteiger partial charge in [0.15, 0.2) is 5.60 Å². The standard InChI is InChI=1S/C25H24Cl3NO2S/c1-16(29-24(30)25(2,3)31-21-12-8-19(27)9-13-21)23(17-4-6-18(26)7-5-17)32-22-14-10-20(28)11-15-22/h4-16,23H,1-3H3,(H,29,30). The number of ether oxygens (including phenoxy) is 1. The third-order valence-electron chi connectivity index (χ3n) is 4.82. The number of benzene rings is 3. The lowest BCUT2D eigenvalue weighted by molar-refractivity contribution is -0.134. The Morgan fingerprint density at radius 1 is 0.844 bits per heavy atom. The Hall–Kier alpha value is -1.85. The summed E-state index contributed by atoms with van der Waals surface area (Å²) in [6, 6.07) is 22.1. The first kappa shape index (κ1) is 24.8. The molecule has 0 saturated carbocycles. The number of hydrogen-bond donors (Lipinski definition) is 1. The number of rotatable bonds is 8. The Kier molecular flexibility index (Phi) is 8.40. The van der Waals surface area contributed by atoms with E-state index in [0.717, 1.165) is 10.5 Å². The molecular weight excluding hydrogens is 485 g/mol. The van der Waals surface area contributed by atoms with Gasteiger partial charge in [-0.05, 0) is 87.0 Å². The fourth-order valence-electron chi connectivity index (χ4n) is 3.07. The Balaban J connectivity index is 1.77. The predicted molar refractivity (Wildman–Crippen MR) is 135 cm³/mol. The highest BCUT2D eigenvalue weighted by molar-refractivity contribution is 7.99. The van der Waals surface area contributed by atoms with Gasteiger partial charge in [0.25, 0.3) is 5.91 Å². The summed E-state index contributed by atoms with van der Waals surface area (Å²) in [6.45, 7) is 5.47. The van der Waals surface area contributed by atoms with E-state index >= 15 is 0 Å². The Morgan fingerprint density at radius 2 is 1.31 bits per heavy atom. The maximum atomic E-state index is 13.1. The number of carbonyl (C=O) groups excluding carboxylic acids is 1. The molecule has 2 atom stereocenters. The molecule has 2 unspecified atom stereocenters. The molecule has 1 amide bonds. The second-order valence-electron chi connectivity index (χ2n) is 7.87. The zero-order chi connectivity index (χ0) is 23.3. The van der Waals surface area contributed by atoms with Crippen LogP contribution in [0.1, 0.15) is 31.6 Å². The fourth-order valence-corrected chi connectivity index (χ4v) is 4.60. The third kappa shape index (κ3) is 6.82. The largest absolute Gasteiger partial charge is 0.478 e. The van der Waals surface area contributed by atoms with Crippen LogP contribution in [0.25, 0.3) is 0 Å². The summed E-state index contributed by atoms with van der Waals surface area (Å²) < 4.78 is 5.94. The second kappa shape index (κ2) is 10.8. The van der Waals surface area contributed by atoms with Gasteiger partial charge >= 0.3 is 0 Å². The van der Waals surface area contributed by atoms with Crippen LogP contribution in [0.3, 0.4) is 0 Å². The van der Waals surface area contributed by atoms with Crippen molar-refractivity contribution in [2.45, 2.75) is 42.6 Å². The van der Waals surface area contributed by atoms with E-state index < -0.39 is 5.60 Å². The lowest BCUT2D eigenvalue weighted by Gasteiger charge is -2.30. The Labute approximate surface area is 208 Å². The molecule has 1 N–H and O–H groups in total. The van der Waals surface area contributed by atoms with Crippen molar-refractivity contribution in [2.24, 2.45) is 0 Å². The highest BCUT2D eigenvalue weighted by Gasteiger charge is 2.33. The molecule has 168 valence electrons. The van der Waals surface area contributed by atoms with Crippen molar-refractivity contribution in [3.63, 3.8) is 0 Å². The molecule has 0 spiro atoms. The van der Waals surface area contributed by atoms with E-state index in [4.69, 9.17) is 39.5 Å². The van der Waals surface area contributed by atoms with Crippen molar-refractivity contribution in [1.29, 1.82) is 0 Å². The molecule has 0 saturated heterocycles. The predicted octanol–water partition coefficient (Wildman–Crippen LogP) is 7.84. The molecule has 3 nitrogen and oxygen atoms in total. The summed E-state index contributed by atoms with van der Waals surface area (Å²) in [4.78, 5) is 14.2. The van der Waals surface area contributed by atoms with E-state index in [2.05, 4.69) is 5.32 Å². The van der Waals surface area contributed by atoms with Crippen molar-refractivity contribution in [3.05, 3.63) is 93.4 Å². The minimum absolute atomic E-state index is 0.0521. The zero-order valence-corrected chi connectivity index (χ0v) is 21.0. The molecule has 0 bridgehead atoms. The van der Waals surface area contributed by atoms with Crippen molar-refractivity contribution in [1.82, 2.24) is 5.32 Å². The topological polar surface area (TPSA) is 38.3 Å². The summed E-state index contributed by atoms with van der Waals surface area (Å²) in [5.41, 5.74) is -0.0176. The molecule has 7 heteroatoms. The molecule has 0 aliphatic rings. The minimum atomic E-state index is -1.07. The van der Waals surface area contributed by atoms with E-state index in [9.17, 15) is 4.79 Å². The van der Waals surface area contributed by atoms with Crippen LogP contribution in [-0.2, 0) is 4.79 Å². The highest BCUT2D eigenvalue weighted by atomic mass is 35.5. The van der Waals surface area contributed by atoms with Gasteiger partial charge in [-0.3, -0.25) is 4.79 Å². The first-order valence-electron chi connectivity index (χ1n) is 10.1. The Bertz CT molecular complexity index is 1040. The first-order chi connectivity index (χ1) is 15.1. The lowest BCUT2D eigenvalue weighted by Crippen LogP contribution is -2.50. The van der Waals surface area contributed by atoms with E-state index in [0.29, 0.717) is 20.8 Å².